The molecule has 0 saturated carbocycles. The standard InChI is InChI=1S/C13H14ClFN2O2/c1-9-11(6-13(18)19-9)17(5-4-15)8-10-2-3-12(14)16-7-10/h2-3,6-7,9H,4-5,8H2,1H3. The average molecular weight is 285 g/mol. The van der Waals surface area contributed by atoms with Gasteiger partial charge in [0.15, 0.2) is 0 Å². The van der Waals surface area contributed by atoms with Crippen molar-refractivity contribution in [2.24, 2.45) is 0 Å². The van der Waals surface area contributed by atoms with Gasteiger partial charge in [-0.15, -0.1) is 0 Å². The van der Waals surface area contributed by atoms with Gasteiger partial charge in [0.2, 0.25) is 0 Å². The van der Waals surface area contributed by atoms with Gasteiger partial charge in [-0.2, -0.15) is 0 Å². The highest BCUT2D eigenvalue weighted by Gasteiger charge is 2.26. The zero-order valence-electron chi connectivity index (χ0n) is 10.5. The second-order valence-corrected chi connectivity index (χ2v) is 4.64. The Labute approximate surface area is 115 Å². The molecule has 1 aromatic heterocycles. The molecule has 1 unspecified atom stereocenters. The summed E-state index contributed by atoms with van der Waals surface area (Å²) in [5.41, 5.74) is 1.59. The Balaban J connectivity index is 2.14. The Morgan fingerprint density at radius 3 is 2.84 bits per heavy atom. The molecule has 1 atom stereocenters. The number of esters is 1. The monoisotopic (exact) mass is 284 g/mol. The van der Waals surface area contributed by atoms with Gasteiger partial charge in [0, 0.05) is 25.4 Å². The lowest BCUT2D eigenvalue weighted by Crippen LogP contribution is -2.29. The van der Waals surface area contributed by atoms with Crippen LogP contribution < -0.4 is 0 Å². The van der Waals surface area contributed by atoms with Crippen molar-refractivity contribution in [3.63, 3.8) is 0 Å². The van der Waals surface area contributed by atoms with Crippen LogP contribution in [0.25, 0.3) is 0 Å². The van der Waals surface area contributed by atoms with E-state index in [2.05, 4.69) is 4.98 Å². The van der Waals surface area contributed by atoms with Gasteiger partial charge in [-0.1, -0.05) is 17.7 Å². The number of carbonyl (C=O) groups is 1. The summed E-state index contributed by atoms with van der Waals surface area (Å²) in [6.07, 6.45) is 2.69. The summed E-state index contributed by atoms with van der Waals surface area (Å²) in [7, 11) is 0. The van der Waals surface area contributed by atoms with Crippen LogP contribution in [0.2, 0.25) is 5.15 Å². The van der Waals surface area contributed by atoms with E-state index in [0.717, 1.165) is 5.56 Å². The number of rotatable bonds is 5. The number of aromatic nitrogens is 1. The number of halogens is 2. The molecule has 0 bridgehead atoms. The van der Waals surface area contributed by atoms with Crippen LogP contribution in [-0.2, 0) is 16.1 Å². The van der Waals surface area contributed by atoms with Gasteiger partial charge < -0.3 is 9.64 Å². The first-order valence-corrected chi connectivity index (χ1v) is 6.31. The number of hydrogen-bond donors (Lipinski definition) is 0. The topological polar surface area (TPSA) is 42.4 Å². The molecule has 1 aliphatic heterocycles. The van der Waals surface area contributed by atoms with Crippen LogP contribution in [0.4, 0.5) is 4.39 Å². The second kappa shape index (κ2) is 6.02. The highest BCUT2D eigenvalue weighted by Crippen LogP contribution is 2.21. The molecule has 6 heteroatoms. The third-order valence-corrected chi connectivity index (χ3v) is 3.08. The fraction of sp³-hybridized carbons (Fsp3) is 0.385. The number of nitrogens with zero attached hydrogens (tertiary/aromatic N) is 2. The van der Waals surface area contributed by atoms with Gasteiger partial charge in [0.1, 0.15) is 17.9 Å². The van der Waals surface area contributed by atoms with E-state index in [1.54, 1.807) is 24.1 Å². The number of carbonyl (C=O) groups excluding carboxylic acids is 1. The maximum Gasteiger partial charge on any atom is 0.333 e. The van der Waals surface area contributed by atoms with E-state index < -0.39 is 6.67 Å². The molecule has 2 heterocycles. The molecule has 0 radical (unpaired) electrons. The minimum absolute atomic E-state index is 0.204. The summed E-state index contributed by atoms with van der Waals surface area (Å²) in [5.74, 6) is -0.388. The molecule has 0 fully saturated rings. The first kappa shape index (κ1) is 13.8. The van der Waals surface area contributed by atoms with Gasteiger partial charge in [-0.05, 0) is 18.6 Å². The third kappa shape index (κ3) is 3.44. The van der Waals surface area contributed by atoms with Crippen LogP contribution in [0, 0.1) is 0 Å². The molecule has 2 rings (SSSR count). The Hall–Kier alpha value is -1.62. The molecular formula is C13H14ClFN2O2. The van der Waals surface area contributed by atoms with Crippen molar-refractivity contribution in [1.29, 1.82) is 0 Å². The van der Waals surface area contributed by atoms with Crippen molar-refractivity contribution in [1.82, 2.24) is 9.88 Å². The van der Waals surface area contributed by atoms with E-state index in [-0.39, 0.29) is 18.6 Å². The summed E-state index contributed by atoms with van der Waals surface area (Å²) < 4.78 is 17.7. The molecule has 19 heavy (non-hydrogen) atoms. The van der Waals surface area contributed by atoms with Gasteiger partial charge in [0.25, 0.3) is 0 Å². The number of pyridine rings is 1. The van der Waals surface area contributed by atoms with E-state index in [0.29, 0.717) is 17.4 Å². The average Bonchev–Trinajstić information content (AvgIpc) is 2.71. The smallest absolute Gasteiger partial charge is 0.333 e. The third-order valence-electron chi connectivity index (χ3n) is 2.86. The summed E-state index contributed by atoms with van der Waals surface area (Å²) in [6.45, 7) is 1.93. The van der Waals surface area contributed by atoms with E-state index in [1.165, 1.54) is 6.08 Å². The van der Waals surface area contributed by atoms with Crippen LogP contribution in [0.15, 0.2) is 30.1 Å². The van der Waals surface area contributed by atoms with Gasteiger partial charge >= 0.3 is 5.97 Å². The van der Waals surface area contributed by atoms with Gasteiger partial charge in [0.05, 0.1) is 5.70 Å². The lowest BCUT2D eigenvalue weighted by atomic mass is 10.2. The molecule has 0 spiro atoms. The maximum atomic E-state index is 12.7. The molecule has 0 aliphatic carbocycles. The lowest BCUT2D eigenvalue weighted by Gasteiger charge is -2.26. The van der Waals surface area contributed by atoms with Crippen LogP contribution >= 0.6 is 11.6 Å². The van der Waals surface area contributed by atoms with Crippen molar-refractivity contribution in [3.05, 3.63) is 40.8 Å². The summed E-state index contributed by atoms with van der Waals surface area (Å²) >= 11 is 5.72. The number of alkyl halides is 1. The zero-order chi connectivity index (χ0) is 13.8. The number of ether oxygens (including phenoxy) is 1. The van der Waals surface area contributed by atoms with Crippen molar-refractivity contribution in [2.75, 3.05) is 13.2 Å². The summed E-state index contributed by atoms with van der Waals surface area (Å²) in [4.78, 5) is 17.0. The Morgan fingerprint density at radius 1 is 1.53 bits per heavy atom. The minimum atomic E-state index is -0.501. The molecule has 4 nitrogen and oxygen atoms in total. The Kier molecular flexibility index (Phi) is 4.37. The maximum absolute atomic E-state index is 12.7. The highest BCUT2D eigenvalue weighted by molar-refractivity contribution is 6.29. The quantitative estimate of drug-likeness (QED) is 0.615. The molecule has 0 amide bonds. The minimum Gasteiger partial charge on any atom is -0.453 e. The molecular weight excluding hydrogens is 271 g/mol. The number of cyclic esters (lactones) is 1. The Morgan fingerprint density at radius 2 is 2.32 bits per heavy atom. The lowest BCUT2D eigenvalue weighted by molar-refractivity contribution is -0.138. The second-order valence-electron chi connectivity index (χ2n) is 4.25. The van der Waals surface area contributed by atoms with Gasteiger partial charge in [-0.25, -0.2) is 14.2 Å². The van der Waals surface area contributed by atoms with Crippen LogP contribution in [0.5, 0.6) is 0 Å². The first-order chi connectivity index (χ1) is 9.10. The van der Waals surface area contributed by atoms with Crippen LogP contribution in [0.3, 0.4) is 0 Å². The normalized spacial score (nSPS) is 18.2. The van der Waals surface area contributed by atoms with Gasteiger partial charge in [-0.3, -0.25) is 0 Å². The highest BCUT2D eigenvalue weighted by atomic mass is 35.5. The van der Waals surface area contributed by atoms with E-state index >= 15 is 0 Å². The van der Waals surface area contributed by atoms with Crippen LogP contribution in [0.1, 0.15) is 12.5 Å². The molecule has 1 aromatic rings. The van der Waals surface area contributed by atoms with Crippen molar-refractivity contribution in [3.8, 4) is 0 Å². The number of hydrogen-bond acceptors (Lipinski definition) is 4. The van der Waals surface area contributed by atoms with Crippen molar-refractivity contribution in [2.45, 2.75) is 19.6 Å². The van der Waals surface area contributed by atoms with E-state index in [1.807, 2.05) is 6.07 Å². The summed E-state index contributed by atoms with van der Waals surface area (Å²) in [5, 5.41) is 0.410. The first-order valence-electron chi connectivity index (χ1n) is 5.93. The molecule has 0 aromatic carbocycles. The van der Waals surface area contributed by atoms with Crippen LogP contribution in [-0.4, -0.2) is 35.2 Å². The molecule has 0 saturated heterocycles. The molecule has 1 aliphatic rings. The van der Waals surface area contributed by atoms with Crippen molar-refractivity contribution >= 4 is 17.6 Å². The predicted molar refractivity (Wildman–Crippen MR) is 69.3 cm³/mol. The van der Waals surface area contributed by atoms with E-state index in [4.69, 9.17) is 16.3 Å². The largest absolute Gasteiger partial charge is 0.453 e. The Bertz CT molecular complexity index is 490. The fourth-order valence-electron chi connectivity index (χ4n) is 1.98. The molecule has 102 valence electrons. The SMILES string of the molecule is CC1OC(=O)C=C1N(CCF)Cc1ccc(Cl)nc1. The fourth-order valence-corrected chi connectivity index (χ4v) is 2.09. The predicted octanol–water partition coefficient (Wildman–Crippen LogP) is 2.34. The van der Waals surface area contributed by atoms with E-state index in [9.17, 15) is 9.18 Å². The van der Waals surface area contributed by atoms with Crippen molar-refractivity contribution < 1.29 is 13.9 Å². The zero-order valence-corrected chi connectivity index (χ0v) is 11.2. The summed E-state index contributed by atoms with van der Waals surface area (Å²) in [6, 6.07) is 3.50. The molecule has 0 N–H and O–H groups in total.